The third-order valence-electron chi connectivity index (χ3n) is 4.78. The quantitative estimate of drug-likeness (QED) is 0.517. The van der Waals surface area contributed by atoms with Gasteiger partial charge in [-0.05, 0) is 31.4 Å². The fourth-order valence-electron chi connectivity index (χ4n) is 3.40. The third-order valence-corrected chi connectivity index (χ3v) is 5.72. The van der Waals surface area contributed by atoms with E-state index >= 15 is 0 Å². The van der Waals surface area contributed by atoms with E-state index in [9.17, 15) is 4.79 Å². The average molecular weight is 377 g/mol. The fourth-order valence-corrected chi connectivity index (χ4v) is 4.24. The zero-order valence-electron chi connectivity index (χ0n) is 15.4. The molecule has 0 saturated heterocycles. The van der Waals surface area contributed by atoms with Crippen LogP contribution >= 0.6 is 11.8 Å². The summed E-state index contributed by atoms with van der Waals surface area (Å²) >= 11 is 1.47. The van der Waals surface area contributed by atoms with E-state index in [1.807, 2.05) is 12.1 Å². The number of amides is 1. The normalized spacial score (nSPS) is 15.3. The van der Waals surface area contributed by atoms with Gasteiger partial charge in [0.2, 0.25) is 11.7 Å². The highest BCUT2D eigenvalue weighted by Gasteiger charge is 2.25. The molecule has 1 amide bonds. The van der Waals surface area contributed by atoms with Crippen molar-refractivity contribution in [2.24, 2.45) is 0 Å². The van der Waals surface area contributed by atoms with Crippen LogP contribution in [0.2, 0.25) is 0 Å². The molecule has 2 aromatic rings. The topological polar surface area (TPSA) is 73.0 Å². The standard InChI is InChI=1S/C19H28N4O2S/c1-2-3-7-12-20-17(24)14-26-19-22-21-18(16-11-8-13-25-16)23(19)15-9-5-4-6-10-15/h8,11,13,15H,2-7,9-10,12,14H2,1H3,(H,20,24). The van der Waals surface area contributed by atoms with E-state index in [0.717, 1.165) is 55.4 Å². The van der Waals surface area contributed by atoms with Gasteiger partial charge in [-0.25, -0.2) is 0 Å². The van der Waals surface area contributed by atoms with E-state index in [4.69, 9.17) is 4.42 Å². The van der Waals surface area contributed by atoms with Crippen molar-refractivity contribution in [3.8, 4) is 11.6 Å². The molecule has 2 aromatic heterocycles. The Morgan fingerprint density at radius 1 is 1.31 bits per heavy atom. The molecule has 0 aliphatic heterocycles. The molecule has 2 heterocycles. The summed E-state index contributed by atoms with van der Waals surface area (Å²) in [5, 5.41) is 12.5. The molecule has 1 N–H and O–H groups in total. The molecule has 0 spiro atoms. The number of carbonyl (C=O) groups is 1. The Labute approximate surface area is 159 Å². The molecule has 26 heavy (non-hydrogen) atoms. The molecule has 0 atom stereocenters. The maximum Gasteiger partial charge on any atom is 0.230 e. The van der Waals surface area contributed by atoms with Crippen molar-refractivity contribution in [2.45, 2.75) is 69.5 Å². The monoisotopic (exact) mass is 376 g/mol. The average Bonchev–Trinajstić information content (AvgIpc) is 3.33. The number of unbranched alkanes of at least 4 members (excludes halogenated alkanes) is 2. The minimum Gasteiger partial charge on any atom is -0.461 e. The Morgan fingerprint density at radius 2 is 2.15 bits per heavy atom. The molecule has 3 rings (SSSR count). The van der Waals surface area contributed by atoms with Crippen molar-refractivity contribution >= 4 is 17.7 Å². The molecule has 0 radical (unpaired) electrons. The number of aromatic nitrogens is 3. The first-order valence-electron chi connectivity index (χ1n) is 9.68. The second-order valence-corrected chi connectivity index (χ2v) is 7.73. The Bertz CT molecular complexity index is 678. The summed E-state index contributed by atoms with van der Waals surface area (Å²) in [7, 11) is 0. The Balaban J connectivity index is 1.67. The van der Waals surface area contributed by atoms with Crippen LogP contribution in [-0.4, -0.2) is 33.0 Å². The summed E-state index contributed by atoms with van der Waals surface area (Å²) in [6, 6.07) is 4.17. The molecule has 6 nitrogen and oxygen atoms in total. The van der Waals surface area contributed by atoms with Crippen molar-refractivity contribution < 1.29 is 9.21 Å². The van der Waals surface area contributed by atoms with Crippen LogP contribution in [0.25, 0.3) is 11.6 Å². The maximum atomic E-state index is 12.1. The molecule has 1 aliphatic rings. The summed E-state index contributed by atoms with van der Waals surface area (Å²) in [6.07, 6.45) is 11.0. The van der Waals surface area contributed by atoms with Gasteiger partial charge in [-0.1, -0.05) is 50.8 Å². The summed E-state index contributed by atoms with van der Waals surface area (Å²) in [6.45, 7) is 2.91. The zero-order valence-corrected chi connectivity index (χ0v) is 16.3. The van der Waals surface area contributed by atoms with E-state index in [1.54, 1.807) is 6.26 Å². The predicted molar refractivity (Wildman–Crippen MR) is 103 cm³/mol. The molecule has 1 fully saturated rings. The number of rotatable bonds is 9. The van der Waals surface area contributed by atoms with Crippen molar-refractivity contribution in [1.82, 2.24) is 20.1 Å². The zero-order chi connectivity index (χ0) is 18.2. The highest BCUT2D eigenvalue weighted by molar-refractivity contribution is 7.99. The van der Waals surface area contributed by atoms with Gasteiger partial charge >= 0.3 is 0 Å². The van der Waals surface area contributed by atoms with E-state index in [1.165, 1.54) is 31.0 Å². The Morgan fingerprint density at radius 3 is 2.88 bits per heavy atom. The number of nitrogens with one attached hydrogen (secondary N) is 1. The van der Waals surface area contributed by atoms with Gasteiger partial charge < -0.3 is 9.73 Å². The second-order valence-electron chi connectivity index (χ2n) is 6.79. The largest absolute Gasteiger partial charge is 0.461 e. The number of thioether (sulfide) groups is 1. The minimum absolute atomic E-state index is 0.0591. The Kier molecular flexibility index (Phi) is 7.17. The summed E-state index contributed by atoms with van der Waals surface area (Å²) in [4.78, 5) is 12.1. The highest BCUT2D eigenvalue weighted by Crippen LogP contribution is 2.35. The number of hydrogen-bond acceptors (Lipinski definition) is 5. The lowest BCUT2D eigenvalue weighted by atomic mass is 9.95. The van der Waals surface area contributed by atoms with Crippen LogP contribution in [0.15, 0.2) is 28.0 Å². The summed E-state index contributed by atoms with van der Waals surface area (Å²) in [5.74, 6) is 1.94. The van der Waals surface area contributed by atoms with Gasteiger partial charge in [-0.3, -0.25) is 9.36 Å². The molecule has 142 valence electrons. The van der Waals surface area contributed by atoms with Gasteiger partial charge in [0, 0.05) is 12.6 Å². The number of nitrogens with zero attached hydrogens (tertiary/aromatic N) is 3. The van der Waals surface area contributed by atoms with Gasteiger partial charge in [-0.15, -0.1) is 10.2 Å². The first kappa shape index (κ1) is 19.0. The third kappa shape index (κ3) is 4.90. The van der Waals surface area contributed by atoms with Gasteiger partial charge in [0.15, 0.2) is 10.9 Å². The first-order valence-corrected chi connectivity index (χ1v) is 10.7. The fraction of sp³-hybridized carbons (Fsp3) is 0.632. The van der Waals surface area contributed by atoms with Crippen LogP contribution in [0, 0.1) is 0 Å². The first-order chi connectivity index (χ1) is 12.8. The molecular formula is C19H28N4O2S. The molecule has 0 aromatic carbocycles. The molecule has 1 aliphatic carbocycles. The SMILES string of the molecule is CCCCCNC(=O)CSc1nnc(-c2ccco2)n1C1CCCCC1. The molecule has 0 bridgehead atoms. The van der Waals surface area contributed by atoms with Crippen LogP contribution in [0.5, 0.6) is 0 Å². The molecule has 7 heteroatoms. The lowest BCUT2D eigenvalue weighted by Crippen LogP contribution is -2.26. The van der Waals surface area contributed by atoms with Crippen molar-refractivity contribution in [1.29, 1.82) is 0 Å². The van der Waals surface area contributed by atoms with Crippen molar-refractivity contribution in [3.63, 3.8) is 0 Å². The summed E-state index contributed by atoms with van der Waals surface area (Å²) < 4.78 is 7.74. The second kappa shape index (κ2) is 9.80. The van der Waals surface area contributed by atoms with Gasteiger partial charge in [0.05, 0.1) is 12.0 Å². The Hall–Kier alpha value is -1.76. The van der Waals surface area contributed by atoms with E-state index in [0.29, 0.717) is 11.8 Å². The van der Waals surface area contributed by atoms with Crippen LogP contribution in [0.4, 0.5) is 0 Å². The molecular weight excluding hydrogens is 348 g/mol. The van der Waals surface area contributed by atoms with Crippen LogP contribution in [0.1, 0.15) is 64.3 Å². The van der Waals surface area contributed by atoms with Crippen molar-refractivity contribution in [2.75, 3.05) is 12.3 Å². The van der Waals surface area contributed by atoms with E-state index in [-0.39, 0.29) is 5.91 Å². The van der Waals surface area contributed by atoms with E-state index in [2.05, 4.69) is 27.0 Å². The highest BCUT2D eigenvalue weighted by atomic mass is 32.2. The van der Waals surface area contributed by atoms with Crippen LogP contribution in [0.3, 0.4) is 0 Å². The van der Waals surface area contributed by atoms with Gasteiger partial charge in [0.25, 0.3) is 0 Å². The minimum atomic E-state index is 0.0591. The summed E-state index contributed by atoms with van der Waals surface area (Å²) in [5.41, 5.74) is 0. The number of carbonyl (C=O) groups excluding carboxylic acids is 1. The maximum absolute atomic E-state index is 12.1. The van der Waals surface area contributed by atoms with Crippen molar-refractivity contribution in [3.05, 3.63) is 18.4 Å². The van der Waals surface area contributed by atoms with Crippen LogP contribution in [-0.2, 0) is 4.79 Å². The lowest BCUT2D eigenvalue weighted by Gasteiger charge is -2.25. The lowest BCUT2D eigenvalue weighted by molar-refractivity contribution is -0.118. The van der Waals surface area contributed by atoms with Crippen LogP contribution < -0.4 is 5.32 Å². The van der Waals surface area contributed by atoms with Gasteiger partial charge in [-0.2, -0.15) is 0 Å². The van der Waals surface area contributed by atoms with E-state index < -0.39 is 0 Å². The molecule has 0 unspecified atom stereocenters. The smallest absolute Gasteiger partial charge is 0.230 e. The number of hydrogen-bond donors (Lipinski definition) is 1. The molecule has 1 saturated carbocycles. The predicted octanol–water partition coefficient (Wildman–Crippen LogP) is 4.44. The van der Waals surface area contributed by atoms with Gasteiger partial charge in [0.1, 0.15) is 0 Å². The number of furan rings is 1.